The largest absolute Gasteiger partial charge is 0.465 e. The second-order valence-electron chi connectivity index (χ2n) is 5.25. The Bertz CT molecular complexity index is 852. The Morgan fingerprint density at radius 1 is 0.731 bits per heavy atom. The Morgan fingerprint density at radius 2 is 1.31 bits per heavy atom. The highest BCUT2D eigenvalue weighted by Gasteiger charge is 2.32. The average Bonchev–Trinajstić information content (AvgIpc) is 2.66. The topological polar surface area (TPSA) is 78.9 Å². The van der Waals surface area contributed by atoms with Crippen molar-refractivity contribution >= 4 is 23.5 Å². The molecule has 2 aromatic rings. The van der Waals surface area contributed by atoms with Crippen LogP contribution in [0.1, 0.15) is 11.1 Å². The highest BCUT2D eigenvalue weighted by atomic mass is 16.6. The van der Waals surface area contributed by atoms with Gasteiger partial charge in [-0.2, -0.15) is 0 Å². The lowest BCUT2D eigenvalue weighted by molar-refractivity contribution is -0.142. The summed E-state index contributed by atoms with van der Waals surface area (Å²) in [6.07, 6.45) is 0. The fraction of sp³-hybridized carbons (Fsp3) is 0.150. The summed E-state index contributed by atoms with van der Waals surface area (Å²) < 4.78 is 14.7. The molecule has 0 aliphatic heterocycles. The van der Waals surface area contributed by atoms with Crippen molar-refractivity contribution in [2.45, 2.75) is 6.92 Å². The van der Waals surface area contributed by atoms with Crippen LogP contribution in [0.25, 0.3) is 5.57 Å². The summed E-state index contributed by atoms with van der Waals surface area (Å²) in [4.78, 5) is 37.4. The second-order valence-corrected chi connectivity index (χ2v) is 5.25. The van der Waals surface area contributed by atoms with E-state index < -0.39 is 23.5 Å². The van der Waals surface area contributed by atoms with Crippen LogP contribution in [0.3, 0.4) is 0 Å². The maximum Gasteiger partial charge on any atom is 0.351 e. The van der Waals surface area contributed by atoms with Crippen molar-refractivity contribution in [3.63, 3.8) is 0 Å². The third-order valence-electron chi connectivity index (χ3n) is 3.60. The summed E-state index contributed by atoms with van der Waals surface area (Å²) in [5, 5.41) is 0. The smallest absolute Gasteiger partial charge is 0.351 e. The van der Waals surface area contributed by atoms with E-state index >= 15 is 0 Å². The molecule has 2 aromatic carbocycles. The van der Waals surface area contributed by atoms with E-state index in [1.165, 1.54) is 0 Å². The molecule has 0 bridgehead atoms. The fourth-order valence-corrected chi connectivity index (χ4v) is 2.34. The molecule has 6 nitrogen and oxygen atoms in total. The Balaban J connectivity index is 2.65. The molecule has 6 heteroatoms. The molecule has 2 rings (SSSR count). The highest BCUT2D eigenvalue weighted by Crippen LogP contribution is 2.26. The van der Waals surface area contributed by atoms with Gasteiger partial charge in [-0.25, -0.2) is 14.4 Å². The van der Waals surface area contributed by atoms with Crippen LogP contribution in [-0.2, 0) is 23.9 Å². The number of carbonyl (C=O) groups excluding carboxylic acids is 3. The second kappa shape index (κ2) is 8.62. The van der Waals surface area contributed by atoms with Gasteiger partial charge in [-0.1, -0.05) is 42.5 Å². The Labute approximate surface area is 151 Å². The van der Waals surface area contributed by atoms with E-state index in [4.69, 9.17) is 14.2 Å². The standard InChI is InChI=1S/C20H18O6/c1-13-9-7-8-12-15(13)16(18(21)24-2)17(19(22)25-3)20(23)26-14-10-5-4-6-11-14/h4-12H,1-3H3/b17-16-. The van der Waals surface area contributed by atoms with Gasteiger partial charge in [0.1, 0.15) is 5.75 Å². The number of rotatable bonds is 5. The first-order chi connectivity index (χ1) is 12.5. The van der Waals surface area contributed by atoms with E-state index in [-0.39, 0.29) is 11.3 Å². The number of methoxy groups -OCH3 is 2. The first-order valence-electron chi connectivity index (χ1n) is 7.73. The van der Waals surface area contributed by atoms with Crippen LogP contribution in [0.2, 0.25) is 0 Å². The van der Waals surface area contributed by atoms with Crippen LogP contribution in [0.5, 0.6) is 5.75 Å². The van der Waals surface area contributed by atoms with Crippen LogP contribution in [0, 0.1) is 6.92 Å². The summed E-state index contributed by atoms with van der Waals surface area (Å²) in [7, 11) is 2.28. The van der Waals surface area contributed by atoms with Gasteiger partial charge in [0.2, 0.25) is 0 Å². The molecule has 0 aliphatic carbocycles. The summed E-state index contributed by atoms with van der Waals surface area (Å²) in [6.45, 7) is 1.75. The third kappa shape index (κ3) is 4.16. The molecule has 0 fully saturated rings. The maximum atomic E-state index is 12.7. The number of hydrogen-bond donors (Lipinski definition) is 0. The van der Waals surface area contributed by atoms with Gasteiger partial charge >= 0.3 is 17.9 Å². The van der Waals surface area contributed by atoms with Crippen molar-refractivity contribution in [3.8, 4) is 5.75 Å². The summed E-state index contributed by atoms with van der Waals surface area (Å²) >= 11 is 0. The predicted molar refractivity (Wildman–Crippen MR) is 94.2 cm³/mol. The maximum absolute atomic E-state index is 12.7. The molecule has 0 N–H and O–H groups in total. The van der Waals surface area contributed by atoms with E-state index in [2.05, 4.69) is 0 Å². The molecule has 0 saturated heterocycles. The van der Waals surface area contributed by atoms with Gasteiger partial charge in [-0.05, 0) is 30.2 Å². The lowest BCUT2D eigenvalue weighted by atomic mass is 9.95. The minimum atomic E-state index is -1.01. The molecule has 0 saturated carbocycles. The van der Waals surface area contributed by atoms with E-state index in [0.29, 0.717) is 11.1 Å². The molecular weight excluding hydrogens is 336 g/mol. The molecule has 26 heavy (non-hydrogen) atoms. The summed E-state index contributed by atoms with van der Waals surface area (Å²) in [5.74, 6) is -2.61. The number of hydrogen-bond acceptors (Lipinski definition) is 6. The zero-order valence-corrected chi connectivity index (χ0v) is 14.6. The van der Waals surface area contributed by atoms with E-state index in [0.717, 1.165) is 14.2 Å². The number of benzene rings is 2. The molecular formula is C20H18O6. The molecule has 0 amide bonds. The van der Waals surface area contributed by atoms with Crippen molar-refractivity contribution < 1.29 is 28.6 Å². The van der Waals surface area contributed by atoms with E-state index in [1.54, 1.807) is 61.5 Å². The van der Waals surface area contributed by atoms with Crippen LogP contribution < -0.4 is 4.74 Å². The van der Waals surface area contributed by atoms with Gasteiger partial charge in [0.05, 0.1) is 19.8 Å². The van der Waals surface area contributed by atoms with Crippen LogP contribution in [0.4, 0.5) is 0 Å². The average molecular weight is 354 g/mol. The lowest BCUT2D eigenvalue weighted by Gasteiger charge is -2.14. The first-order valence-corrected chi connectivity index (χ1v) is 7.73. The van der Waals surface area contributed by atoms with Crippen LogP contribution in [-0.4, -0.2) is 32.1 Å². The van der Waals surface area contributed by atoms with Crippen LogP contribution in [0.15, 0.2) is 60.2 Å². The third-order valence-corrected chi connectivity index (χ3v) is 3.60. The zero-order valence-electron chi connectivity index (χ0n) is 14.6. The number of esters is 3. The van der Waals surface area contributed by atoms with Crippen molar-refractivity contribution in [1.82, 2.24) is 0 Å². The minimum Gasteiger partial charge on any atom is -0.465 e. The summed E-state index contributed by atoms with van der Waals surface area (Å²) in [5.41, 5.74) is 0.322. The molecule has 0 heterocycles. The van der Waals surface area contributed by atoms with E-state index in [9.17, 15) is 14.4 Å². The molecule has 0 aliphatic rings. The SMILES string of the molecule is COC(=O)/C(C(=O)Oc1ccccc1)=C(/C(=O)OC)c1ccccc1C. The van der Waals surface area contributed by atoms with Crippen molar-refractivity contribution in [2.24, 2.45) is 0 Å². The highest BCUT2D eigenvalue weighted by molar-refractivity contribution is 6.32. The van der Waals surface area contributed by atoms with Crippen LogP contribution >= 0.6 is 0 Å². The molecule has 0 unspecified atom stereocenters. The van der Waals surface area contributed by atoms with Crippen molar-refractivity contribution in [1.29, 1.82) is 0 Å². The molecule has 0 spiro atoms. The number of para-hydroxylation sites is 1. The number of carbonyl (C=O) groups is 3. The predicted octanol–water partition coefficient (Wildman–Crippen LogP) is 2.70. The molecule has 134 valence electrons. The normalized spacial score (nSPS) is 11.2. The molecule has 0 atom stereocenters. The first kappa shape index (κ1) is 18.9. The zero-order chi connectivity index (χ0) is 19.1. The van der Waals surface area contributed by atoms with Gasteiger partial charge in [-0.15, -0.1) is 0 Å². The number of aryl methyl sites for hydroxylation is 1. The Morgan fingerprint density at radius 3 is 1.88 bits per heavy atom. The van der Waals surface area contributed by atoms with Gasteiger partial charge in [-0.3, -0.25) is 0 Å². The van der Waals surface area contributed by atoms with Gasteiger partial charge < -0.3 is 14.2 Å². The lowest BCUT2D eigenvalue weighted by Crippen LogP contribution is -2.24. The summed E-state index contributed by atoms with van der Waals surface area (Å²) in [6, 6.07) is 15.0. The monoisotopic (exact) mass is 354 g/mol. The van der Waals surface area contributed by atoms with E-state index in [1.807, 2.05) is 0 Å². The van der Waals surface area contributed by atoms with Gasteiger partial charge in [0.25, 0.3) is 0 Å². The van der Waals surface area contributed by atoms with Crippen molar-refractivity contribution in [3.05, 3.63) is 71.3 Å². The minimum absolute atomic E-state index is 0.210. The molecule has 0 aromatic heterocycles. The molecule has 0 radical (unpaired) electrons. The Hall–Kier alpha value is -3.41. The van der Waals surface area contributed by atoms with Gasteiger partial charge in [0.15, 0.2) is 5.57 Å². The fourth-order valence-electron chi connectivity index (χ4n) is 2.34. The van der Waals surface area contributed by atoms with Gasteiger partial charge in [0, 0.05) is 0 Å². The Kier molecular flexibility index (Phi) is 6.27. The quantitative estimate of drug-likeness (QED) is 0.270. The van der Waals surface area contributed by atoms with Crippen molar-refractivity contribution in [2.75, 3.05) is 14.2 Å². The number of ether oxygens (including phenoxy) is 3.